The average Bonchev–Trinajstić information content (AvgIpc) is 2.28. The van der Waals surface area contributed by atoms with E-state index in [1.165, 1.54) is 0 Å². The van der Waals surface area contributed by atoms with Crippen molar-refractivity contribution in [2.24, 2.45) is 0 Å². The first kappa shape index (κ1) is 16.8. The minimum absolute atomic E-state index is 0.196. The normalized spacial score (nSPS) is 13.8. The molecular formula is C11H25NO4S. The molecule has 0 aromatic heterocycles. The Labute approximate surface area is 105 Å². The molecule has 0 radical (unpaired) electrons. The summed E-state index contributed by atoms with van der Waals surface area (Å²) in [7, 11) is 0.233. The molecule has 0 aliphatic rings. The van der Waals surface area contributed by atoms with Crippen LogP contribution in [0.25, 0.3) is 0 Å². The van der Waals surface area contributed by atoms with Crippen molar-refractivity contribution in [3.63, 3.8) is 0 Å². The van der Waals surface area contributed by atoms with Gasteiger partial charge in [-0.2, -0.15) is 0 Å². The Hall–Kier alpha value is -0.170. The van der Waals surface area contributed by atoms with E-state index >= 15 is 0 Å². The molecule has 104 valence electrons. The number of sulfone groups is 1. The van der Waals surface area contributed by atoms with Gasteiger partial charge in [-0.3, -0.25) is 0 Å². The summed E-state index contributed by atoms with van der Waals surface area (Å²) in [6.07, 6.45) is 1.46. The number of hydrogen-bond acceptors (Lipinski definition) is 5. The fraction of sp³-hybridized carbons (Fsp3) is 1.00. The lowest BCUT2D eigenvalue weighted by Gasteiger charge is -2.13. The number of ether oxygens (including phenoxy) is 2. The molecule has 5 nitrogen and oxygen atoms in total. The summed E-state index contributed by atoms with van der Waals surface area (Å²) in [4.78, 5) is 0. The topological polar surface area (TPSA) is 64.6 Å². The molecule has 0 aromatic carbocycles. The Morgan fingerprint density at radius 1 is 1.12 bits per heavy atom. The van der Waals surface area contributed by atoms with Gasteiger partial charge in [0.05, 0.1) is 11.0 Å². The Morgan fingerprint density at radius 3 is 2.29 bits per heavy atom. The first-order valence-corrected chi connectivity index (χ1v) is 7.66. The van der Waals surface area contributed by atoms with Crippen LogP contribution in [0.15, 0.2) is 0 Å². The first-order valence-electron chi connectivity index (χ1n) is 5.94. The molecule has 1 unspecified atom stereocenters. The summed E-state index contributed by atoms with van der Waals surface area (Å²) >= 11 is 0. The first-order chi connectivity index (χ1) is 8.04. The Morgan fingerprint density at radius 2 is 1.71 bits per heavy atom. The van der Waals surface area contributed by atoms with Crippen molar-refractivity contribution in [2.45, 2.75) is 25.0 Å². The van der Waals surface area contributed by atoms with Crippen molar-refractivity contribution >= 4 is 9.84 Å². The molecule has 0 saturated carbocycles. The largest absolute Gasteiger partial charge is 0.385 e. The third kappa shape index (κ3) is 8.54. The maximum atomic E-state index is 11.8. The molecule has 0 fully saturated rings. The maximum Gasteiger partial charge on any atom is 0.154 e. The van der Waals surface area contributed by atoms with Crippen molar-refractivity contribution < 1.29 is 17.9 Å². The van der Waals surface area contributed by atoms with E-state index in [4.69, 9.17) is 9.47 Å². The van der Waals surface area contributed by atoms with Gasteiger partial charge in [0.2, 0.25) is 0 Å². The van der Waals surface area contributed by atoms with Crippen LogP contribution in [-0.2, 0) is 19.3 Å². The highest BCUT2D eigenvalue weighted by atomic mass is 32.2. The highest BCUT2D eigenvalue weighted by molar-refractivity contribution is 7.92. The van der Waals surface area contributed by atoms with Gasteiger partial charge < -0.3 is 14.8 Å². The van der Waals surface area contributed by atoms with E-state index in [0.29, 0.717) is 26.2 Å². The molecule has 17 heavy (non-hydrogen) atoms. The Balaban J connectivity index is 3.75. The molecule has 0 saturated heterocycles. The van der Waals surface area contributed by atoms with Gasteiger partial charge in [0.15, 0.2) is 9.84 Å². The summed E-state index contributed by atoms with van der Waals surface area (Å²) in [6, 6.07) is 0. The number of rotatable bonds is 11. The minimum atomic E-state index is -3.00. The predicted octanol–water partition coefficient (Wildman–Crippen LogP) is 0.452. The van der Waals surface area contributed by atoms with Crippen LogP contribution in [0.3, 0.4) is 0 Å². The molecule has 0 rings (SSSR count). The molecule has 0 aliphatic carbocycles. The Bertz CT molecular complexity index is 267. The van der Waals surface area contributed by atoms with Gasteiger partial charge in [-0.1, -0.05) is 0 Å². The van der Waals surface area contributed by atoms with Crippen molar-refractivity contribution in [2.75, 3.05) is 46.3 Å². The molecule has 1 atom stereocenters. The Kier molecular flexibility index (Phi) is 9.72. The maximum absolute atomic E-state index is 11.8. The lowest BCUT2D eigenvalue weighted by Crippen LogP contribution is -2.33. The zero-order valence-corrected chi connectivity index (χ0v) is 11.9. The van der Waals surface area contributed by atoms with Gasteiger partial charge in [0, 0.05) is 34.0 Å². The SMILES string of the molecule is COCCCNCC(C)S(=O)(=O)CCCOC. The quantitative estimate of drug-likeness (QED) is 0.551. The van der Waals surface area contributed by atoms with Crippen molar-refractivity contribution in [1.82, 2.24) is 5.32 Å². The van der Waals surface area contributed by atoms with Crippen LogP contribution in [0.2, 0.25) is 0 Å². The van der Waals surface area contributed by atoms with Crippen LogP contribution in [0.1, 0.15) is 19.8 Å². The molecule has 0 aliphatic heterocycles. The van der Waals surface area contributed by atoms with Crippen LogP contribution < -0.4 is 5.32 Å². The summed E-state index contributed by atoms with van der Waals surface area (Å²) in [5.74, 6) is 0.196. The third-order valence-corrected chi connectivity index (χ3v) is 4.77. The van der Waals surface area contributed by atoms with Crippen LogP contribution >= 0.6 is 0 Å². The van der Waals surface area contributed by atoms with Gasteiger partial charge in [-0.05, 0) is 26.3 Å². The van der Waals surface area contributed by atoms with E-state index in [2.05, 4.69) is 5.32 Å². The fourth-order valence-electron chi connectivity index (χ4n) is 1.38. The van der Waals surface area contributed by atoms with Gasteiger partial charge >= 0.3 is 0 Å². The van der Waals surface area contributed by atoms with Crippen LogP contribution in [0.5, 0.6) is 0 Å². The van der Waals surface area contributed by atoms with E-state index in [1.54, 1.807) is 21.1 Å². The number of hydrogen-bond donors (Lipinski definition) is 1. The van der Waals surface area contributed by atoms with Crippen molar-refractivity contribution in [3.8, 4) is 0 Å². The molecular weight excluding hydrogens is 242 g/mol. The average molecular weight is 267 g/mol. The van der Waals surface area contributed by atoms with E-state index in [-0.39, 0.29) is 11.0 Å². The lowest BCUT2D eigenvalue weighted by atomic mass is 10.4. The van der Waals surface area contributed by atoms with Gasteiger partial charge in [0.1, 0.15) is 0 Å². The fourth-order valence-corrected chi connectivity index (χ4v) is 2.67. The van der Waals surface area contributed by atoms with E-state index in [1.807, 2.05) is 0 Å². The highest BCUT2D eigenvalue weighted by Gasteiger charge is 2.19. The van der Waals surface area contributed by atoms with Gasteiger partial charge in [0.25, 0.3) is 0 Å². The monoisotopic (exact) mass is 267 g/mol. The second-order valence-electron chi connectivity index (χ2n) is 4.07. The highest BCUT2D eigenvalue weighted by Crippen LogP contribution is 2.03. The van der Waals surface area contributed by atoms with E-state index in [0.717, 1.165) is 13.0 Å². The third-order valence-electron chi connectivity index (χ3n) is 2.52. The van der Waals surface area contributed by atoms with Crippen molar-refractivity contribution in [3.05, 3.63) is 0 Å². The molecule has 0 aromatic rings. The smallest absolute Gasteiger partial charge is 0.154 e. The summed E-state index contributed by atoms with van der Waals surface area (Å²) < 4.78 is 33.4. The van der Waals surface area contributed by atoms with E-state index < -0.39 is 9.84 Å². The number of nitrogens with one attached hydrogen (secondary N) is 1. The predicted molar refractivity (Wildman–Crippen MR) is 69.1 cm³/mol. The van der Waals surface area contributed by atoms with Crippen LogP contribution in [-0.4, -0.2) is 59.9 Å². The summed E-state index contributed by atoms with van der Waals surface area (Å²) in [6.45, 7) is 4.21. The zero-order valence-electron chi connectivity index (χ0n) is 11.1. The van der Waals surface area contributed by atoms with Crippen LogP contribution in [0.4, 0.5) is 0 Å². The lowest BCUT2D eigenvalue weighted by molar-refractivity contribution is 0.194. The zero-order chi connectivity index (χ0) is 13.1. The number of methoxy groups -OCH3 is 2. The second kappa shape index (κ2) is 9.82. The second-order valence-corrected chi connectivity index (χ2v) is 6.61. The van der Waals surface area contributed by atoms with E-state index in [9.17, 15) is 8.42 Å². The molecule has 0 amide bonds. The molecule has 6 heteroatoms. The molecule has 0 spiro atoms. The molecule has 0 bridgehead atoms. The minimum Gasteiger partial charge on any atom is -0.385 e. The standard InChI is InChI=1S/C11H25NO4S/c1-11(10-12-6-4-7-15-2)17(13,14)9-5-8-16-3/h11-12H,4-10H2,1-3H3. The van der Waals surface area contributed by atoms with Gasteiger partial charge in [-0.25, -0.2) is 8.42 Å². The molecule has 0 heterocycles. The summed E-state index contributed by atoms with van der Waals surface area (Å²) in [5, 5.41) is 2.78. The molecule has 1 N–H and O–H groups in total. The van der Waals surface area contributed by atoms with Crippen LogP contribution in [0, 0.1) is 0 Å². The summed E-state index contributed by atoms with van der Waals surface area (Å²) in [5.41, 5.74) is 0. The van der Waals surface area contributed by atoms with Gasteiger partial charge in [-0.15, -0.1) is 0 Å². The van der Waals surface area contributed by atoms with Crippen molar-refractivity contribution in [1.29, 1.82) is 0 Å².